The van der Waals surface area contributed by atoms with E-state index in [1.807, 2.05) is 0 Å². The molecule has 0 amide bonds. The second kappa shape index (κ2) is 7.57. The first-order chi connectivity index (χ1) is 10.1. The lowest BCUT2D eigenvalue weighted by Gasteiger charge is -2.37. The zero-order valence-corrected chi connectivity index (χ0v) is 13.7. The third-order valence-corrected chi connectivity index (χ3v) is 4.80. The van der Waals surface area contributed by atoms with Gasteiger partial charge in [-0.2, -0.15) is 0 Å². The number of ether oxygens (including phenoxy) is 1. The van der Waals surface area contributed by atoms with Crippen LogP contribution in [-0.2, 0) is 11.2 Å². The van der Waals surface area contributed by atoms with E-state index in [-0.39, 0.29) is 17.5 Å². The van der Waals surface area contributed by atoms with Crippen molar-refractivity contribution in [1.82, 2.24) is 5.32 Å². The van der Waals surface area contributed by atoms with Crippen molar-refractivity contribution in [2.45, 2.75) is 57.1 Å². The Morgan fingerprint density at radius 2 is 2.10 bits per heavy atom. The van der Waals surface area contributed by atoms with Gasteiger partial charge in [-0.3, -0.25) is 0 Å². The highest BCUT2D eigenvalue weighted by Gasteiger charge is 2.41. The average Bonchev–Trinajstić information content (AvgIpc) is 2.97. The van der Waals surface area contributed by atoms with Crippen molar-refractivity contribution >= 4 is 11.6 Å². The molecular weight excluding hydrogens is 289 g/mol. The van der Waals surface area contributed by atoms with E-state index in [2.05, 4.69) is 12.2 Å². The smallest absolute Gasteiger partial charge is 0.126 e. The summed E-state index contributed by atoms with van der Waals surface area (Å²) >= 11 is 6.01. The summed E-state index contributed by atoms with van der Waals surface area (Å²) in [5, 5.41) is 4.15. The molecule has 0 bridgehead atoms. The minimum atomic E-state index is -0.188. The molecule has 0 spiro atoms. The van der Waals surface area contributed by atoms with Crippen LogP contribution in [0.4, 0.5) is 4.39 Å². The van der Waals surface area contributed by atoms with E-state index < -0.39 is 0 Å². The van der Waals surface area contributed by atoms with Crippen molar-refractivity contribution in [1.29, 1.82) is 0 Å². The third kappa shape index (κ3) is 3.97. The average molecular weight is 314 g/mol. The van der Waals surface area contributed by atoms with Crippen molar-refractivity contribution < 1.29 is 9.13 Å². The molecule has 0 aliphatic heterocycles. The van der Waals surface area contributed by atoms with Crippen LogP contribution in [0.1, 0.15) is 44.6 Å². The molecule has 0 heterocycles. The number of rotatable bonds is 7. The van der Waals surface area contributed by atoms with Gasteiger partial charge in [0.1, 0.15) is 5.82 Å². The second-order valence-electron chi connectivity index (χ2n) is 5.92. The number of halogens is 2. The minimum absolute atomic E-state index is 0.123. The van der Waals surface area contributed by atoms with Crippen molar-refractivity contribution in [2.24, 2.45) is 0 Å². The molecule has 1 atom stereocenters. The Hall–Kier alpha value is -0.640. The topological polar surface area (TPSA) is 21.3 Å². The standard InChI is InChI=1S/C17H25ClFNO/c1-3-10-20-16(17(21-2)8-4-5-9-17)12-13-11-14(18)6-7-15(13)19/h6-7,11,16,20H,3-5,8-10,12H2,1-2H3. The summed E-state index contributed by atoms with van der Waals surface area (Å²) in [5.41, 5.74) is 0.489. The molecule has 0 radical (unpaired) electrons. The molecule has 0 aromatic heterocycles. The van der Waals surface area contributed by atoms with Crippen LogP contribution in [0.2, 0.25) is 5.02 Å². The number of benzene rings is 1. The fourth-order valence-corrected chi connectivity index (χ4v) is 3.55. The highest BCUT2D eigenvalue weighted by molar-refractivity contribution is 6.30. The van der Waals surface area contributed by atoms with Gasteiger partial charge < -0.3 is 10.1 Å². The number of hydrogen-bond donors (Lipinski definition) is 1. The summed E-state index contributed by atoms with van der Waals surface area (Å²) in [4.78, 5) is 0. The number of hydrogen-bond acceptors (Lipinski definition) is 2. The van der Waals surface area contributed by atoms with Crippen molar-refractivity contribution in [2.75, 3.05) is 13.7 Å². The molecule has 1 aliphatic carbocycles. The van der Waals surface area contributed by atoms with Gasteiger partial charge in [0.05, 0.1) is 5.60 Å². The van der Waals surface area contributed by atoms with E-state index >= 15 is 0 Å². The Kier molecular flexibility index (Phi) is 6.03. The Balaban J connectivity index is 2.21. The predicted molar refractivity (Wildman–Crippen MR) is 85.4 cm³/mol. The molecule has 1 aromatic rings. The van der Waals surface area contributed by atoms with E-state index in [0.29, 0.717) is 17.0 Å². The zero-order valence-electron chi connectivity index (χ0n) is 12.9. The van der Waals surface area contributed by atoms with Crippen LogP contribution in [0, 0.1) is 5.82 Å². The first-order valence-electron chi connectivity index (χ1n) is 7.84. The maximum atomic E-state index is 14.0. The molecule has 4 heteroatoms. The Morgan fingerprint density at radius 3 is 2.71 bits per heavy atom. The molecular formula is C17H25ClFNO. The first kappa shape index (κ1) is 16.7. The van der Waals surface area contributed by atoms with Gasteiger partial charge in [-0.15, -0.1) is 0 Å². The van der Waals surface area contributed by atoms with Gasteiger partial charge in [-0.05, 0) is 56.0 Å². The predicted octanol–water partition coefficient (Wildman–Crippen LogP) is 4.35. The maximum Gasteiger partial charge on any atom is 0.126 e. The fourth-order valence-electron chi connectivity index (χ4n) is 3.35. The SMILES string of the molecule is CCCNC(Cc1cc(Cl)ccc1F)C1(OC)CCCC1. The van der Waals surface area contributed by atoms with E-state index in [0.717, 1.165) is 25.8 Å². The summed E-state index contributed by atoms with van der Waals surface area (Å²) < 4.78 is 19.9. The lowest BCUT2D eigenvalue weighted by atomic mass is 9.87. The molecule has 1 unspecified atom stereocenters. The van der Waals surface area contributed by atoms with Crippen molar-refractivity contribution in [3.05, 3.63) is 34.6 Å². The lowest BCUT2D eigenvalue weighted by Crippen LogP contribution is -2.52. The Bertz CT molecular complexity index is 460. The number of methoxy groups -OCH3 is 1. The van der Waals surface area contributed by atoms with E-state index in [1.54, 1.807) is 19.2 Å². The quantitative estimate of drug-likeness (QED) is 0.808. The van der Waals surface area contributed by atoms with Gasteiger partial charge in [0.25, 0.3) is 0 Å². The lowest BCUT2D eigenvalue weighted by molar-refractivity contribution is -0.0356. The van der Waals surface area contributed by atoms with Gasteiger partial charge in [-0.25, -0.2) is 4.39 Å². The molecule has 2 nitrogen and oxygen atoms in total. The van der Waals surface area contributed by atoms with Crippen LogP contribution in [-0.4, -0.2) is 25.3 Å². The third-order valence-electron chi connectivity index (χ3n) is 4.56. The van der Waals surface area contributed by atoms with Gasteiger partial charge in [-0.1, -0.05) is 31.4 Å². The molecule has 21 heavy (non-hydrogen) atoms. The van der Waals surface area contributed by atoms with E-state index in [1.165, 1.54) is 18.9 Å². The first-order valence-corrected chi connectivity index (χ1v) is 8.21. The van der Waals surface area contributed by atoms with Gasteiger partial charge >= 0.3 is 0 Å². The van der Waals surface area contributed by atoms with Crippen LogP contribution in [0.25, 0.3) is 0 Å². The maximum absolute atomic E-state index is 14.0. The van der Waals surface area contributed by atoms with Crippen LogP contribution in [0.15, 0.2) is 18.2 Å². The second-order valence-corrected chi connectivity index (χ2v) is 6.36. The summed E-state index contributed by atoms with van der Waals surface area (Å²) in [6.45, 7) is 3.05. The Labute approximate surface area is 132 Å². The monoisotopic (exact) mass is 313 g/mol. The summed E-state index contributed by atoms with van der Waals surface area (Å²) in [5.74, 6) is -0.188. The molecule has 0 saturated heterocycles. The molecule has 118 valence electrons. The van der Waals surface area contributed by atoms with Gasteiger partial charge in [0.15, 0.2) is 0 Å². The highest BCUT2D eigenvalue weighted by atomic mass is 35.5. The summed E-state index contributed by atoms with van der Waals surface area (Å²) in [7, 11) is 1.78. The number of nitrogens with one attached hydrogen (secondary N) is 1. The van der Waals surface area contributed by atoms with Crippen molar-refractivity contribution in [3.63, 3.8) is 0 Å². The summed E-state index contributed by atoms with van der Waals surface area (Å²) in [6, 6.07) is 4.90. The zero-order chi connectivity index (χ0) is 15.3. The minimum Gasteiger partial charge on any atom is -0.377 e. The molecule has 1 aromatic carbocycles. The van der Waals surface area contributed by atoms with Crippen LogP contribution >= 0.6 is 11.6 Å². The molecule has 1 aliphatic rings. The molecule has 1 fully saturated rings. The summed E-state index contributed by atoms with van der Waals surface area (Å²) in [6.07, 6.45) is 6.08. The van der Waals surface area contributed by atoms with Crippen LogP contribution in [0.3, 0.4) is 0 Å². The normalized spacial score (nSPS) is 18.9. The van der Waals surface area contributed by atoms with E-state index in [9.17, 15) is 4.39 Å². The van der Waals surface area contributed by atoms with Crippen LogP contribution < -0.4 is 5.32 Å². The van der Waals surface area contributed by atoms with Gasteiger partial charge in [0.2, 0.25) is 0 Å². The largest absolute Gasteiger partial charge is 0.377 e. The molecule has 1 saturated carbocycles. The van der Waals surface area contributed by atoms with Crippen LogP contribution in [0.5, 0.6) is 0 Å². The van der Waals surface area contributed by atoms with Crippen molar-refractivity contribution in [3.8, 4) is 0 Å². The fraction of sp³-hybridized carbons (Fsp3) is 0.647. The molecule has 1 N–H and O–H groups in total. The van der Waals surface area contributed by atoms with Gasteiger partial charge in [0, 0.05) is 18.2 Å². The highest BCUT2D eigenvalue weighted by Crippen LogP contribution is 2.37. The molecule has 2 rings (SSSR count). The Morgan fingerprint density at radius 1 is 1.38 bits per heavy atom. The van der Waals surface area contributed by atoms with E-state index in [4.69, 9.17) is 16.3 Å².